The number of carbonyl (C=O) groups is 1. The van der Waals surface area contributed by atoms with Gasteiger partial charge in [0.15, 0.2) is 0 Å². The molecule has 1 amide bonds. The molecule has 0 aromatic heterocycles. The molecule has 0 bridgehead atoms. The zero-order valence-electron chi connectivity index (χ0n) is 12.3. The van der Waals surface area contributed by atoms with Crippen LogP contribution in [0.1, 0.15) is 25.7 Å². The van der Waals surface area contributed by atoms with Gasteiger partial charge in [-0.15, -0.1) is 0 Å². The smallest absolute Gasteiger partial charge is 0.223 e. The maximum Gasteiger partial charge on any atom is 0.223 e. The second-order valence-corrected chi connectivity index (χ2v) is 5.28. The highest BCUT2D eigenvalue weighted by Crippen LogP contribution is 2.21. The Balaban J connectivity index is 1.71. The predicted octanol–water partition coefficient (Wildman–Crippen LogP) is 1.50. The van der Waals surface area contributed by atoms with Gasteiger partial charge in [0.1, 0.15) is 11.9 Å². The van der Waals surface area contributed by atoms with Crippen molar-refractivity contribution in [1.82, 2.24) is 5.32 Å². The Bertz CT molecular complexity index is 437. The van der Waals surface area contributed by atoms with Crippen LogP contribution in [0.5, 0.6) is 5.75 Å². The van der Waals surface area contributed by atoms with Crippen LogP contribution in [0.3, 0.4) is 0 Å². The molecule has 5 heteroatoms. The molecular weight excluding hydrogens is 270 g/mol. The molecular formula is C16H23NO4. The van der Waals surface area contributed by atoms with Crippen LogP contribution >= 0.6 is 0 Å². The van der Waals surface area contributed by atoms with E-state index in [9.17, 15) is 9.90 Å². The number of nitrogens with one attached hydrogen (secondary N) is 1. The molecule has 1 aromatic carbocycles. The van der Waals surface area contributed by atoms with Crippen molar-refractivity contribution >= 4 is 5.91 Å². The van der Waals surface area contributed by atoms with Crippen molar-refractivity contribution in [3.05, 3.63) is 30.3 Å². The highest BCUT2D eigenvalue weighted by molar-refractivity contribution is 5.76. The number of carbonyl (C=O) groups excluding carboxylic acids is 1. The minimum Gasteiger partial charge on any atom is -0.493 e. The van der Waals surface area contributed by atoms with Crippen molar-refractivity contribution in [2.75, 3.05) is 13.7 Å². The van der Waals surface area contributed by atoms with Crippen LogP contribution in [0.4, 0.5) is 0 Å². The first-order valence-corrected chi connectivity index (χ1v) is 7.39. The fourth-order valence-corrected chi connectivity index (χ4v) is 2.61. The van der Waals surface area contributed by atoms with Crippen LogP contribution < -0.4 is 10.1 Å². The normalized spacial score (nSPS) is 25.3. The first-order valence-electron chi connectivity index (χ1n) is 7.39. The van der Waals surface area contributed by atoms with Gasteiger partial charge in [0.05, 0.1) is 25.2 Å². The second kappa shape index (κ2) is 8.00. The fraction of sp³-hybridized carbons (Fsp3) is 0.562. The lowest BCUT2D eigenvalue weighted by molar-refractivity contribution is -0.125. The molecule has 0 heterocycles. The van der Waals surface area contributed by atoms with Gasteiger partial charge in [-0.05, 0) is 31.4 Å². The number of para-hydroxylation sites is 1. The van der Waals surface area contributed by atoms with E-state index >= 15 is 0 Å². The Morgan fingerprint density at radius 1 is 1.33 bits per heavy atom. The molecule has 1 saturated carbocycles. The highest BCUT2D eigenvalue weighted by atomic mass is 16.5. The molecule has 3 atom stereocenters. The molecule has 1 fully saturated rings. The van der Waals surface area contributed by atoms with Gasteiger partial charge < -0.3 is 19.9 Å². The quantitative estimate of drug-likeness (QED) is 0.834. The van der Waals surface area contributed by atoms with E-state index in [0.29, 0.717) is 6.61 Å². The van der Waals surface area contributed by atoms with E-state index in [1.807, 2.05) is 30.3 Å². The summed E-state index contributed by atoms with van der Waals surface area (Å²) in [4.78, 5) is 11.9. The largest absolute Gasteiger partial charge is 0.493 e. The molecule has 0 radical (unpaired) electrons. The maximum atomic E-state index is 11.9. The van der Waals surface area contributed by atoms with Crippen LogP contribution in [0.2, 0.25) is 0 Å². The predicted molar refractivity (Wildman–Crippen MR) is 79.1 cm³/mol. The minimum absolute atomic E-state index is 0.105. The molecule has 2 N–H and O–H groups in total. The summed E-state index contributed by atoms with van der Waals surface area (Å²) in [5.74, 6) is 0.647. The van der Waals surface area contributed by atoms with E-state index in [-0.39, 0.29) is 24.5 Å². The number of benzene rings is 1. The van der Waals surface area contributed by atoms with Crippen LogP contribution in [-0.2, 0) is 9.53 Å². The number of amides is 1. The summed E-state index contributed by atoms with van der Waals surface area (Å²) in [5, 5.41) is 13.0. The zero-order valence-corrected chi connectivity index (χ0v) is 12.3. The number of aliphatic hydroxyl groups excluding tert-OH is 1. The molecule has 21 heavy (non-hydrogen) atoms. The number of hydrogen-bond donors (Lipinski definition) is 2. The van der Waals surface area contributed by atoms with Gasteiger partial charge in [-0.3, -0.25) is 4.79 Å². The Morgan fingerprint density at radius 2 is 2.10 bits per heavy atom. The lowest BCUT2D eigenvalue weighted by Crippen LogP contribution is -2.51. The summed E-state index contributed by atoms with van der Waals surface area (Å²) in [6.07, 6.45) is 2.01. The highest BCUT2D eigenvalue weighted by Gasteiger charge is 2.32. The van der Waals surface area contributed by atoms with Crippen LogP contribution in [0, 0.1) is 0 Å². The Labute approximate surface area is 125 Å². The zero-order chi connectivity index (χ0) is 15.1. The summed E-state index contributed by atoms with van der Waals surface area (Å²) in [6.45, 7) is 0.326. The van der Waals surface area contributed by atoms with Crippen LogP contribution in [0.15, 0.2) is 30.3 Å². The van der Waals surface area contributed by atoms with E-state index in [1.54, 1.807) is 7.11 Å². The average Bonchev–Trinajstić information content (AvgIpc) is 2.50. The van der Waals surface area contributed by atoms with Gasteiger partial charge in [-0.2, -0.15) is 0 Å². The van der Waals surface area contributed by atoms with Gasteiger partial charge in [-0.25, -0.2) is 0 Å². The molecule has 0 spiro atoms. The summed E-state index contributed by atoms with van der Waals surface area (Å²) in [6, 6.07) is 9.17. The summed E-state index contributed by atoms with van der Waals surface area (Å²) in [7, 11) is 1.59. The molecule has 116 valence electrons. The number of hydrogen-bond acceptors (Lipinski definition) is 4. The first kappa shape index (κ1) is 15.8. The molecule has 0 aliphatic heterocycles. The minimum atomic E-state index is -0.636. The molecule has 1 aromatic rings. The van der Waals surface area contributed by atoms with Crippen molar-refractivity contribution < 1.29 is 19.4 Å². The van der Waals surface area contributed by atoms with E-state index in [0.717, 1.165) is 25.0 Å². The standard InChI is InChI=1S/C16H23NO4/c1-20-14-9-5-8-13(16(14)19)17-15(18)10-11-21-12-6-3-2-4-7-12/h2-4,6-7,13-14,16,19H,5,8-11H2,1H3,(H,17,18)/t13-,14-,16-/m1/s1. The Hall–Kier alpha value is -1.59. The number of ether oxygens (including phenoxy) is 2. The third-order valence-corrected chi connectivity index (χ3v) is 3.79. The average molecular weight is 293 g/mol. The van der Waals surface area contributed by atoms with Crippen LogP contribution in [-0.4, -0.2) is 43.0 Å². The molecule has 1 aliphatic rings. The van der Waals surface area contributed by atoms with E-state index in [2.05, 4.69) is 5.32 Å². The third-order valence-electron chi connectivity index (χ3n) is 3.79. The van der Waals surface area contributed by atoms with E-state index in [1.165, 1.54) is 0 Å². The lowest BCUT2D eigenvalue weighted by atomic mass is 9.90. The molecule has 5 nitrogen and oxygen atoms in total. The molecule has 0 saturated heterocycles. The fourth-order valence-electron chi connectivity index (χ4n) is 2.61. The molecule has 2 rings (SSSR count). The monoisotopic (exact) mass is 293 g/mol. The Morgan fingerprint density at radius 3 is 2.81 bits per heavy atom. The second-order valence-electron chi connectivity index (χ2n) is 5.28. The molecule has 0 unspecified atom stereocenters. The summed E-state index contributed by atoms with van der Waals surface area (Å²) >= 11 is 0. The van der Waals surface area contributed by atoms with Crippen molar-refractivity contribution in [2.24, 2.45) is 0 Å². The van der Waals surface area contributed by atoms with Crippen molar-refractivity contribution in [2.45, 2.75) is 43.9 Å². The first-order chi connectivity index (χ1) is 10.2. The van der Waals surface area contributed by atoms with Crippen molar-refractivity contribution in [3.63, 3.8) is 0 Å². The molecule has 1 aliphatic carbocycles. The topological polar surface area (TPSA) is 67.8 Å². The van der Waals surface area contributed by atoms with Gasteiger partial charge >= 0.3 is 0 Å². The number of aliphatic hydroxyl groups is 1. The van der Waals surface area contributed by atoms with Crippen molar-refractivity contribution in [3.8, 4) is 5.75 Å². The van der Waals surface area contributed by atoms with Gasteiger partial charge in [-0.1, -0.05) is 18.2 Å². The van der Waals surface area contributed by atoms with Gasteiger partial charge in [0, 0.05) is 7.11 Å². The summed E-state index contributed by atoms with van der Waals surface area (Å²) in [5.41, 5.74) is 0. The maximum absolute atomic E-state index is 11.9. The third kappa shape index (κ3) is 4.72. The van der Waals surface area contributed by atoms with Crippen LogP contribution in [0.25, 0.3) is 0 Å². The van der Waals surface area contributed by atoms with Gasteiger partial charge in [0.2, 0.25) is 5.91 Å². The number of rotatable bonds is 6. The number of methoxy groups -OCH3 is 1. The SMILES string of the molecule is CO[C@@H]1CCC[C@@H](NC(=O)CCOc2ccccc2)[C@H]1O. The Kier molecular flexibility index (Phi) is 6.02. The van der Waals surface area contributed by atoms with Gasteiger partial charge in [0.25, 0.3) is 0 Å². The van der Waals surface area contributed by atoms with E-state index < -0.39 is 6.10 Å². The van der Waals surface area contributed by atoms with E-state index in [4.69, 9.17) is 9.47 Å². The van der Waals surface area contributed by atoms with Crippen molar-refractivity contribution in [1.29, 1.82) is 0 Å². The lowest BCUT2D eigenvalue weighted by Gasteiger charge is -2.34. The summed E-state index contributed by atoms with van der Waals surface area (Å²) < 4.78 is 10.7.